The molecule has 0 bridgehead atoms. The average Bonchev–Trinajstić information content (AvgIpc) is 2.15. The van der Waals surface area contributed by atoms with Gasteiger partial charge in [-0.1, -0.05) is 33.8 Å². The molecule has 0 aliphatic carbocycles. The van der Waals surface area contributed by atoms with E-state index >= 15 is 0 Å². The second-order valence-electron chi connectivity index (χ2n) is 4.74. The van der Waals surface area contributed by atoms with E-state index in [4.69, 9.17) is 4.74 Å². The number of ether oxygens (including phenoxy) is 1. The Balaban J connectivity index is 2.95. The quantitative estimate of drug-likeness (QED) is 0.784. The van der Waals surface area contributed by atoms with Crippen molar-refractivity contribution < 1.29 is 4.74 Å². The van der Waals surface area contributed by atoms with Gasteiger partial charge < -0.3 is 4.74 Å². The minimum atomic E-state index is 0.172. The van der Waals surface area contributed by atoms with Crippen molar-refractivity contribution in [1.29, 1.82) is 0 Å². The van der Waals surface area contributed by atoms with Gasteiger partial charge in [0.1, 0.15) is 5.75 Å². The third-order valence-corrected chi connectivity index (χ3v) is 2.91. The molecule has 0 radical (unpaired) electrons. The van der Waals surface area contributed by atoms with E-state index in [1.807, 2.05) is 0 Å². The lowest BCUT2D eigenvalue weighted by atomic mass is 9.87. The van der Waals surface area contributed by atoms with Crippen LogP contribution in [0.1, 0.15) is 39.7 Å². The van der Waals surface area contributed by atoms with Gasteiger partial charge in [0.25, 0.3) is 0 Å². The van der Waals surface area contributed by atoms with E-state index in [1.54, 1.807) is 0 Å². The summed E-state index contributed by atoms with van der Waals surface area (Å²) in [5, 5.41) is 0. The van der Waals surface area contributed by atoms with Crippen LogP contribution in [0.3, 0.4) is 0 Å². The number of hydrogen-bond acceptors (Lipinski definition) is 1. The first-order valence-electron chi connectivity index (χ1n) is 5.38. The van der Waals surface area contributed by atoms with E-state index in [2.05, 4.69) is 61.8 Å². The maximum atomic E-state index is 5.67. The molecule has 0 fully saturated rings. The van der Waals surface area contributed by atoms with E-state index in [0.29, 0.717) is 0 Å². The number of halogens is 1. The zero-order chi connectivity index (χ0) is 11.5. The zero-order valence-corrected chi connectivity index (χ0v) is 11.5. The molecule has 1 nitrogen and oxygen atoms in total. The van der Waals surface area contributed by atoms with Crippen LogP contribution in [0.4, 0.5) is 0 Å². The highest BCUT2D eigenvalue weighted by molar-refractivity contribution is 9.10. The fourth-order valence-electron chi connectivity index (χ4n) is 1.29. The van der Waals surface area contributed by atoms with E-state index in [1.165, 1.54) is 5.56 Å². The molecular formula is C13H19BrO. The van der Waals surface area contributed by atoms with E-state index in [9.17, 15) is 0 Å². The molecule has 0 unspecified atom stereocenters. The highest BCUT2D eigenvalue weighted by atomic mass is 79.9. The molecule has 0 N–H and O–H groups in total. The summed E-state index contributed by atoms with van der Waals surface area (Å²) < 4.78 is 6.71. The molecule has 0 aromatic heterocycles. The predicted molar refractivity (Wildman–Crippen MR) is 68.6 cm³/mol. The Morgan fingerprint density at radius 1 is 1.27 bits per heavy atom. The van der Waals surface area contributed by atoms with Crippen LogP contribution in [0.5, 0.6) is 5.75 Å². The summed E-state index contributed by atoms with van der Waals surface area (Å²) in [4.78, 5) is 0. The molecule has 0 atom stereocenters. The van der Waals surface area contributed by atoms with E-state index in [0.717, 1.165) is 23.2 Å². The maximum absolute atomic E-state index is 5.67. The lowest BCUT2D eigenvalue weighted by Crippen LogP contribution is -2.11. The molecule has 0 spiro atoms. The van der Waals surface area contributed by atoms with Gasteiger partial charge in [-0.15, -0.1) is 0 Å². The second kappa shape index (κ2) is 5.02. The van der Waals surface area contributed by atoms with Gasteiger partial charge in [0, 0.05) is 0 Å². The van der Waals surface area contributed by atoms with Gasteiger partial charge in [0.15, 0.2) is 0 Å². The average molecular weight is 271 g/mol. The van der Waals surface area contributed by atoms with Crippen molar-refractivity contribution in [3.63, 3.8) is 0 Å². The third kappa shape index (κ3) is 3.53. The summed E-state index contributed by atoms with van der Waals surface area (Å²) in [6.45, 7) is 9.51. The minimum absolute atomic E-state index is 0.172. The predicted octanol–water partition coefficient (Wildman–Crippen LogP) is 4.54. The van der Waals surface area contributed by atoms with Crippen molar-refractivity contribution in [1.82, 2.24) is 0 Å². The van der Waals surface area contributed by atoms with Crippen LogP contribution in [0.25, 0.3) is 0 Å². The van der Waals surface area contributed by atoms with Gasteiger partial charge in [-0.2, -0.15) is 0 Å². The summed E-state index contributed by atoms with van der Waals surface area (Å²) in [5.74, 6) is 0.948. The summed E-state index contributed by atoms with van der Waals surface area (Å²) in [6, 6.07) is 6.33. The normalized spacial score (nSPS) is 11.5. The molecule has 15 heavy (non-hydrogen) atoms. The number of rotatable bonds is 3. The van der Waals surface area contributed by atoms with Crippen molar-refractivity contribution in [3.05, 3.63) is 28.2 Å². The fraction of sp³-hybridized carbons (Fsp3) is 0.538. The van der Waals surface area contributed by atoms with E-state index < -0.39 is 0 Å². The van der Waals surface area contributed by atoms with Gasteiger partial charge in [0.05, 0.1) is 11.1 Å². The second-order valence-corrected chi connectivity index (χ2v) is 5.60. The van der Waals surface area contributed by atoms with Gasteiger partial charge in [-0.05, 0) is 45.5 Å². The Bertz CT molecular complexity index is 326. The van der Waals surface area contributed by atoms with Gasteiger partial charge in [-0.25, -0.2) is 0 Å². The van der Waals surface area contributed by atoms with Crippen LogP contribution in [-0.2, 0) is 5.41 Å². The smallest absolute Gasteiger partial charge is 0.133 e. The van der Waals surface area contributed by atoms with Crippen molar-refractivity contribution >= 4 is 15.9 Å². The lowest BCUT2D eigenvalue weighted by molar-refractivity contribution is 0.314. The molecule has 0 saturated carbocycles. The first kappa shape index (κ1) is 12.6. The summed E-state index contributed by atoms with van der Waals surface area (Å²) >= 11 is 3.50. The summed E-state index contributed by atoms with van der Waals surface area (Å²) in [6.07, 6.45) is 1.03. The third-order valence-electron chi connectivity index (χ3n) is 2.26. The summed E-state index contributed by atoms with van der Waals surface area (Å²) in [5.41, 5.74) is 1.47. The molecule has 0 aliphatic heterocycles. The van der Waals surface area contributed by atoms with Crippen molar-refractivity contribution in [2.24, 2.45) is 0 Å². The van der Waals surface area contributed by atoms with Crippen molar-refractivity contribution in [2.45, 2.75) is 39.5 Å². The molecule has 0 amide bonds. The molecule has 1 rings (SSSR count). The van der Waals surface area contributed by atoms with Gasteiger partial charge >= 0.3 is 0 Å². The fourth-order valence-corrected chi connectivity index (χ4v) is 1.65. The van der Waals surface area contributed by atoms with Crippen LogP contribution in [0.2, 0.25) is 0 Å². The minimum Gasteiger partial charge on any atom is -0.492 e. The zero-order valence-electron chi connectivity index (χ0n) is 9.93. The van der Waals surface area contributed by atoms with Crippen molar-refractivity contribution in [2.75, 3.05) is 6.61 Å². The van der Waals surface area contributed by atoms with Crippen LogP contribution in [-0.4, -0.2) is 6.61 Å². The maximum Gasteiger partial charge on any atom is 0.133 e. The molecule has 84 valence electrons. The molecule has 1 aromatic carbocycles. The first-order valence-corrected chi connectivity index (χ1v) is 6.17. The monoisotopic (exact) mass is 270 g/mol. The Hall–Kier alpha value is -0.500. The van der Waals surface area contributed by atoms with Crippen molar-refractivity contribution in [3.8, 4) is 5.75 Å². The van der Waals surface area contributed by atoms with Crippen LogP contribution < -0.4 is 4.74 Å². The van der Waals surface area contributed by atoms with Crippen LogP contribution in [0.15, 0.2) is 22.7 Å². The highest BCUT2D eigenvalue weighted by Gasteiger charge is 2.15. The molecule has 1 aromatic rings. The van der Waals surface area contributed by atoms with Gasteiger partial charge in [0.2, 0.25) is 0 Å². The standard InChI is InChI=1S/C13H19BrO/c1-5-8-15-12-9-10(13(2,3)4)6-7-11(12)14/h6-7,9H,5,8H2,1-4H3. The van der Waals surface area contributed by atoms with Gasteiger partial charge in [-0.3, -0.25) is 0 Å². The molecule has 2 heteroatoms. The molecular weight excluding hydrogens is 252 g/mol. The SMILES string of the molecule is CCCOc1cc(C(C)(C)C)ccc1Br. The van der Waals surface area contributed by atoms with Crippen LogP contribution in [0, 0.1) is 0 Å². The highest BCUT2D eigenvalue weighted by Crippen LogP contribution is 2.31. The first-order chi connectivity index (χ1) is 6.95. The van der Waals surface area contributed by atoms with Crippen LogP contribution >= 0.6 is 15.9 Å². The molecule has 0 aliphatic rings. The number of hydrogen-bond donors (Lipinski definition) is 0. The molecule has 0 saturated heterocycles. The topological polar surface area (TPSA) is 9.23 Å². The lowest BCUT2D eigenvalue weighted by Gasteiger charge is -2.20. The summed E-state index contributed by atoms with van der Waals surface area (Å²) in [7, 11) is 0. The molecule has 0 heterocycles. The number of benzene rings is 1. The Kier molecular flexibility index (Phi) is 4.21. The Labute approximate surface area is 101 Å². The largest absolute Gasteiger partial charge is 0.492 e. The Morgan fingerprint density at radius 2 is 1.93 bits per heavy atom. The van der Waals surface area contributed by atoms with E-state index in [-0.39, 0.29) is 5.41 Å². The Morgan fingerprint density at radius 3 is 2.47 bits per heavy atom.